The van der Waals surface area contributed by atoms with E-state index in [0.717, 1.165) is 16.5 Å². The monoisotopic (exact) mass is 416 g/mol. The lowest BCUT2D eigenvalue weighted by Crippen LogP contribution is -2.64. The lowest BCUT2D eigenvalue weighted by atomic mass is 9.75. The van der Waals surface area contributed by atoms with Crippen molar-refractivity contribution in [3.63, 3.8) is 0 Å². The number of aromatic nitrogens is 1. The molecule has 10 heteroatoms. The van der Waals surface area contributed by atoms with Crippen LogP contribution in [0.1, 0.15) is 18.4 Å². The molecule has 3 rings (SSSR count). The third kappa shape index (κ3) is 4.67. The molecule has 7 N–H and O–H groups in total. The van der Waals surface area contributed by atoms with Crippen molar-refractivity contribution < 1.29 is 24.7 Å². The van der Waals surface area contributed by atoms with Crippen LogP contribution in [0.5, 0.6) is 0 Å². The first-order valence-electron chi connectivity index (χ1n) is 10.1. The van der Waals surface area contributed by atoms with Gasteiger partial charge in [-0.1, -0.05) is 24.6 Å². The number of fused-ring (bicyclic) bond motifs is 1. The van der Waals surface area contributed by atoms with Crippen LogP contribution in [0.4, 0.5) is 0 Å². The Balaban J connectivity index is 1.76. The maximum Gasteiger partial charge on any atom is 0.451 e. The first-order chi connectivity index (χ1) is 14.1. The van der Waals surface area contributed by atoms with Crippen LogP contribution in [0.2, 0.25) is 6.32 Å². The molecule has 0 unspecified atom stereocenters. The second-order valence-electron chi connectivity index (χ2n) is 8.40. The molecule has 1 aliphatic heterocycles. The number of aliphatic carboxylic acids is 1. The van der Waals surface area contributed by atoms with Crippen LogP contribution in [-0.4, -0.2) is 68.3 Å². The SMILES string of the molecule is Cn1cc(C[C@@H](N)C(=O)N2C[C@@H](CCB(O)O)C[C@](N)(C(=O)O)C2)c2ccccc21. The highest BCUT2D eigenvalue weighted by Gasteiger charge is 2.44. The summed E-state index contributed by atoms with van der Waals surface area (Å²) < 4.78 is 1.98. The number of carbonyl (C=O) groups is 2. The van der Waals surface area contributed by atoms with Crippen molar-refractivity contribution in [2.75, 3.05) is 13.1 Å². The van der Waals surface area contributed by atoms with E-state index in [1.165, 1.54) is 4.90 Å². The summed E-state index contributed by atoms with van der Waals surface area (Å²) in [6, 6.07) is 7.01. The fourth-order valence-corrected chi connectivity index (χ4v) is 4.41. The number of carboxylic acids is 1. The molecule has 2 aromatic rings. The van der Waals surface area contributed by atoms with Crippen LogP contribution in [0.3, 0.4) is 0 Å². The lowest BCUT2D eigenvalue weighted by Gasteiger charge is -2.42. The third-order valence-electron chi connectivity index (χ3n) is 5.91. The maximum atomic E-state index is 13.1. The Hall–Kier alpha value is -2.40. The molecule has 0 radical (unpaired) electrons. The van der Waals surface area contributed by atoms with Crippen LogP contribution in [0.25, 0.3) is 10.9 Å². The van der Waals surface area contributed by atoms with E-state index in [1.807, 2.05) is 42.1 Å². The van der Waals surface area contributed by atoms with Gasteiger partial charge >= 0.3 is 13.1 Å². The van der Waals surface area contributed by atoms with Crippen LogP contribution in [-0.2, 0) is 23.1 Å². The van der Waals surface area contributed by atoms with E-state index in [2.05, 4.69) is 0 Å². The van der Waals surface area contributed by atoms with Crippen LogP contribution < -0.4 is 11.5 Å². The van der Waals surface area contributed by atoms with Gasteiger partial charge in [0, 0.05) is 37.2 Å². The smallest absolute Gasteiger partial charge is 0.451 e. The molecular formula is C20H29BN4O5. The van der Waals surface area contributed by atoms with Crippen LogP contribution in [0, 0.1) is 5.92 Å². The van der Waals surface area contributed by atoms with Crippen molar-refractivity contribution in [2.24, 2.45) is 24.4 Å². The maximum absolute atomic E-state index is 13.1. The molecule has 1 saturated heterocycles. The van der Waals surface area contributed by atoms with Crippen molar-refractivity contribution in [2.45, 2.75) is 37.2 Å². The molecule has 1 fully saturated rings. The highest BCUT2D eigenvalue weighted by atomic mass is 16.4. The van der Waals surface area contributed by atoms with E-state index in [-0.39, 0.29) is 31.1 Å². The van der Waals surface area contributed by atoms with Crippen molar-refractivity contribution in [3.05, 3.63) is 36.0 Å². The van der Waals surface area contributed by atoms with Gasteiger partial charge < -0.3 is 36.1 Å². The summed E-state index contributed by atoms with van der Waals surface area (Å²) in [5.41, 5.74) is 12.7. The Bertz CT molecular complexity index is 933. The summed E-state index contributed by atoms with van der Waals surface area (Å²) >= 11 is 0. The van der Waals surface area contributed by atoms with Gasteiger partial charge in [0.15, 0.2) is 0 Å². The van der Waals surface area contributed by atoms with Gasteiger partial charge in [0.2, 0.25) is 5.91 Å². The molecule has 0 aliphatic carbocycles. The second-order valence-corrected chi connectivity index (χ2v) is 8.40. The Labute approximate surface area is 175 Å². The number of rotatable bonds is 7. The molecule has 162 valence electrons. The number of para-hydroxylation sites is 1. The van der Waals surface area contributed by atoms with Gasteiger partial charge in [0.05, 0.1) is 6.04 Å². The zero-order chi connectivity index (χ0) is 22.1. The number of carbonyl (C=O) groups excluding carboxylic acids is 1. The summed E-state index contributed by atoms with van der Waals surface area (Å²) in [4.78, 5) is 26.2. The number of hydrogen-bond donors (Lipinski definition) is 5. The zero-order valence-corrected chi connectivity index (χ0v) is 17.1. The predicted molar refractivity (Wildman–Crippen MR) is 113 cm³/mol. The highest BCUT2D eigenvalue weighted by molar-refractivity contribution is 6.40. The number of amides is 1. The molecule has 0 saturated carbocycles. The van der Waals surface area contributed by atoms with Gasteiger partial charge in [0.25, 0.3) is 0 Å². The molecule has 1 aliphatic rings. The average molecular weight is 416 g/mol. The molecule has 1 amide bonds. The Morgan fingerprint density at radius 2 is 2.03 bits per heavy atom. The summed E-state index contributed by atoms with van der Waals surface area (Å²) in [6.45, 7) is 0.170. The van der Waals surface area contributed by atoms with Gasteiger partial charge in [-0.15, -0.1) is 0 Å². The Morgan fingerprint density at radius 1 is 1.33 bits per heavy atom. The normalized spacial score (nSPS) is 22.8. The van der Waals surface area contributed by atoms with E-state index in [0.29, 0.717) is 19.4 Å². The number of carboxylic acid groups (broad SMARTS) is 1. The minimum atomic E-state index is -1.59. The van der Waals surface area contributed by atoms with E-state index >= 15 is 0 Å². The summed E-state index contributed by atoms with van der Waals surface area (Å²) in [5, 5.41) is 28.9. The Kier molecular flexibility index (Phi) is 6.51. The van der Waals surface area contributed by atoms with E-state index in [9.17, 15) is 14.7 Å². The van der Waals surface area contributed by atoms with Gasteiger partial charge in [-0.2, -0.15) is 0 Å². The molecule has 30 heavy (non-hydrogen) atoms. The van der Waals surface area contributed by atoms with E-state index in [4.69, 9.17) is 21.5 Å². The van der Waals surface area contributed by atoms with Gasteiger partial charge in [-0.3, -0.25) is 9.59 Å². The highest BCUT2D eigenvalue weighted by Crippen LogP contribution is 2.29. The molecular weight excluding hydrogens is 387 g/mol. The standard InChI is InChI=1S/C20H29BN4O5/c1-24-11-14(15-4-2-3-5-17(15)24)8-16(22)18(26)25-10-13(6-7-21(29)30)9-20(23,12-25)19(27)28/h2-5,11,13,16,29-30H,6-10,12,22-23H2,1H3,(H,27,28)/t13-,16+,20+/m0/s1. The fourth-order valence-electron chi connectivity index (χ4n) is 4.41. The topological polar surface area (TPSA) is 155 Å². The van der Waals surface area contributed by atoms with Gasteiger partial charge in [0.1, 0.15) is 5.54 Å². The van der Waals surface area contributed by atoms with Crippen molar-refractivity contribution >= 4 is 29.9 Å². The average Bonchev–Trinajstić information content (AvgIpc) is 3.01. The van der Waals surface area contributed by atoms with Crippen LogP contribution in [0.15, 0.2) is 30.5 Å². The molecule has 2 heterocycles. The molecule has 0 spiro atoms. The minimum absolute atomic E-state index is 0.0878. The number of nitrogens with two attached hydrogens (primary N) is 2. The largest absolute Gasteiger partial charge is 0.480 e. The molecule has 0 bridgehead atoms. The molecule has 1 aromatic carbocycles. The molecule has 9 nitrogen and oxygen atoms in total. The number of aryl methyl sites for hydroxylation is 1. The van der Waals surface area contributed by atoms with Gasteiger partial charge in [-0.05, 0) is 36.7 Å². The first kappa shape index (κ1) is 22.3. The van der Waals surface area contributed by atoms with Crippen molar-refractivity contribution in [3.8, 4) is 0 Å². The molecule has 3 atom stereocenters. The minimum Gasteiger partial charge on any atom is -0.480 e. The van der Waals surface area contributed by atoms with Crippen molar-refractivity contribution in [1.29, 1.82) is 0 Å². The predicted octanol–water partition coefficient (Wildman–Crippen LogP) is -0.458. The van der Waals surface area contributed by atoms with E-state index < -0.39 is 24.7 Å². The summed E-state index contributed by atoms with van der Waals surface area (Å²) in [5.74, 6) is -1.79. The third-order valence-corrected chi connectivity index (χ3v) is 5.91. The number of likely N-dealkylation sites (tertiary alicyclic amines) is 1. The summed E-state index contributed by atoms with van der Waals surface area (Å²) in [7, 11) is 0.446. The van der Waals surface area contributed by atoms with Crippen molar-refractivity contribution in [1.82, 2.24) is 9.47 Å². The molecule has 1 aromatic heterocycles. The first-order valence-corrected chi connectivity index (χ1v) is 10.1. The Morgan fingerprint density at radius 3 is 2.70 bits per heavy atom. The van der Waals surface area contributed by atoms with Gasteiger partial charge in [-0.25, -0.2) is 0 Å². The number of piperidine rings is 1. The number of benzene rings is 1. The fraction of sp³-hybridized carbons (Fsp3) is 0.500. The summed E-state index contributed by atoms with van der Waals surface area (Å²) in [6.07, 6.45) is 2.87. The van der Waals surface area contributed by atoms with E-state index in [1.54, 1.807) is 0 Å². The quantitative estimate of drug-likeness (QED) is 0.383. The number of nitrogens with zero attached hydrogens (tertiary/aromatic N) is 2. The second kappa shape index (κ2) is 8.77. The zero-order valence-electron chi connectivity index (χ0n) is 17.1. The van der Waals surface area contributed by atoms with Crippen LogP contribution >= 0.6 is 0 Å². The lowest BCUT2D eigenvalue weighted by molar-refractivity contribution is -0.149. The number of hydrogen-bond acceptors (Lipinski definition) is 6.